The van der Waals surface area contributed by atoms with Crippen molar-refractivity contribution in [1.82, 2.24) is 14.7 Å². The van der Waals surface area contributed by atoms with Gasteiger partial charge in [0.15, 0.2) is 0 Å². The molecule has 29 heavy (non-hydrogen) atoms. The van der Waals surface area contributed by atoms with Gasteiger partial charge in [-0.25, -0.2) is 0 Å². The molecule has 0 N–H and O–H groups in total. The van der Waals surface area contributed by atoms with E-state index >= 15 is 0 Å². The minimum Gasteiger partial charge on any atom is -0.497 e. The molecule has 0 bridgehead atoms. The molecule has 1 aromatic rings. The van der Waals surface area contributed by atoms with E-state index in [1.165, 1.54) is 5.56 Å². The van der Waals surface area contributed by atoms with E-state index in [2.05, 4.69) is 17.0 Å². The number of hydrogen-bond acceptors (Lipinski definition) is 5. The molecule has 2 amide bonds. The third kappa shape index (κ3) is 4.90. The Bertz CT molecular complexity index is 719. The number of amides is 2. The summed E-state index contributed by atoms with van der Waals surface area (Å²) in [5.74, 6) is 1.43. The zero-order chi connectivity index (χ0) is 21.1. The molecule has 2 aliphatic heterocycles. The van der Waals surface area contributed by atoms with Crippen molar-refractivity contribution in [2.75, 3.05) is 48.5 Å². The normalized spacial score (nSPS) is 26.2. The molecule has 2 fully saturated rings. The number of nitrogens with zero attached hydrogens (tertiary/aromatic N) is 3. The number of hydrogen-bond donors (Lipinski definition) is 0. The molecule has 2 aliphatic rings. The van der Waals surface area contributed by atoms with Crippen molar-refractivity contribution in [2.24, 2.45) is 11.8 Å². The van der Waals surface area contributed by atoms with Crippen LogP contribution in [0, 0.1) is 11.8 Å². The molecule has 7 heteroatoms. The van der Waals surface area contributed by atoms with Gasteiger partial charge in [0.1, 0.15) is 5.75 Å². The Labute approximate surface area is 173 Å². The van der Waals surface area contributed by atoms with E-state index in [9.17, 15) is 9.59 Å². The lowest BCUT2D eigenvalue weighted by atomic mass is 9.84. The largest absolute Gasteiger partial charge is 0.497 e. The Hall–Kier alpha value is -2.12. The van der Waals surface area contributed by atoms with E-state index in [0.717, 1.165) is 18.8 Å². The number of carbonyl (C=O) groups is 2. The van der Waals surface area contributed by atoms with E-state index in [0.29, 0.717) is 19.4 Å². The van der Waals surface area contributed by atoms with Gasteiger partial charge in [-0.15, -0.1) is 0 Å². The van der Waals surface area contributed by atoms with Crippen LogP contribution < -0.4 is 4.74 Å². The summed E-state index contributed by atoms with van der Waals surface area (Å²) < 4.78 is 11.3. The molecule has 0 saturated carbocycles. The molecule has 2 saturated heterocycles. The van der Waals surface area contributed by atoms with Gasteiger partial charge < -0.3 is 19.3 Å². The summed E-state index contributed by atoms with van der Waals surface area (Å²) in [5, 5.41) is 0. The molecule has 4 atom stereocenters. The van der Waals surface area contributed by atoms with E-state index in [1.807, 2.05) is 12.1 Å². The minimum atomic E-state index is -0.129. The molecule has 160 valence electrons. The molecule has 1 aromatic carbocycles. The molecular formula is C22H33N3O4. The highest BCUT2D eigenvalue weighted by Gasteiger charge is 2.51. The number of ether oxygens (including phenoxy) is 2. The van der Waals surface area contributed by atoms with E-state index < -0.39 is 0 Å². The summed E-state index contributed by atoms with van der Waals surface area (Å²) in [5.41, 5.74) is 1.21. The maximum Gasteiger partial charge on any atom is 0.224 e. The number of benzene rings is 1. The van der Waals surface area contributed by atoms with Crippen molar-refractivity contribution in [2.45, 2.75) is 31.5 Å². The zero-order valence-corrected chi connectivity index (χ0v) is 18.1. The van der Waals surface area contributed by atoms with Gasteiger partial charge in [0, 0.05) is 59.7 Å². The lowest BCUT2D eigenvalue weighted by molar-refractivity contribution is -0.131. The first-order valence-corrected chi connectivity index (χ1v) is 10.2. The average Bonchev–Trinajstić information content (AvgIpc) is 3.24. The van der Waals surface area contributed by atoms with Gasteiger partial charge >= 0.3 is 0 Å². The predicted molar refractivity (Wildman–Crippen MR) is 111 cm³/mol. The smallest absolute Gasteiger partial charge is 0.224 e. The number of methoxy groups -OCH3 is 1. The van der Waals surface area contributed by atoms with Gasteiger partial charge in [-0.2, -0.15) is 0 Å². The van der Waals surface area contributed by atoms with Gasteiger partial charge in [-0.05, 0) is 23.6 Å². The fraction of sp³-hybridized carbons (Fsp3) is 0.636. The third-order valence-electron chi connectivity index (χ3n) is 6.19. The Morgan fingerprint density at radius 1 is 1.07 bits per heavy atom. The van der Waals surface area contributed by atoms with Crippen LogP contribution >= 0.6 is 0 Å². The van der Waals surface area contributed by atoms with E-state index in [1.54, 1.807) is 45.1 Å². The highest BCUT2D eigenvalue weighted by Crippen LogP contribution is 2.42. The summed E-state index contributed by atoms with van der Waals surface area (Å²) in [6.07, 6.45) is 0.733. The quantitative estimate of drug-likeness (QED) is 0.690. The maximum absolute atomic E-state index is 12.4. The molecule has 0 radical (unpaired) electrons. The van der Waals surface area contributed by atoms with Crippen LogP contribution in [0.15, 0.2) is 24.3 Å². The maximum atomic E-state index is 12.4. The van der Waals surface area contributed by atoms with Crippen molar-refractivity contribution < 1.29 is 19.1 Å². The second kappa shape index (κ2) is 9.13. The molecule has 0 aromatic heterocycles. The van der Waals surface area contributed by atoms with Crippen molar-refractivity contribution in [3.63, 3.8) is 0 Å². The van der Waals surface area contributed by atoms with E-state index in [-0.39, 0.29) is 35.8 Å². The van der Waals surface area contributed by atoms with Gasteiger partial charge in [0.2, 0.25) is 11.8 Å². The van der Waals surface area contributed by atoms with Crippen LogP contribution in [0.1, 0.15) is 18.4 Å². The number of likely N-dealkylation sites (tertiary alicyclic amines) is 1. The number of rotatable bonds is 7. The molecule has 7 nitrogen and oxygen atoms in total. The second-order valence-corrected chi connectivity index (χ2v) is 8.54. The Morgan fingerprint density at radius 3 is 2.28 bits per heavy atom. The Morgan fingerprint density at radius 2 is 1.69 bits per heavy atom. The minimum absolute atomic E-state index is 0.0712. The fourth-order valence-corrected chi connectivity index (χ4v) is 4.52. The lowest BCUT2D eigenvalue weighted by Crippen LogP contribution is -2.35. The monoisotopic (exact) mass is 403 g/mol. The van der Waals surface area contributed by atoms with Crippen LogP contribution in [0.3, 0.4) is 0 Å². The molecule has 0 unspecified atom stereocenters. The highest BCUT2D eigenvalue weighted by molar-refractivity contribution is 5.77. The lowest BCUT2D eigenvalue weighted by Gasteiger charge is -2.24. The van der Waals surface area contributed by atoms with Gasteiger partial charge in [0.25, 0.3) is 0 Å². The number of carbonyl (C=O) groups excluding carboxylic acids is 2. The average molecular weight is 404 g/mol. The topological polar surface area (TPSA) is 62.3 Å². The Balaban J connectivity index is 1.76. The van der Waals surface area contributed by atoms with Crippen LogP contribution in [0.4, 0.5) is 0 Å². The first kappa shape index (κ1) is 21.6. The van der Waals surface area contributed by atoms with Crippen LogP contribution in [-0.2, 0) is 20.9 Å². The molecular weight excluding hydrogens is 370 g/mol. The molecule has 3 rings (SSSR count). The molecule has 0 aliphatic carbocycles. The zero-order valence-electron chi connectivity index (χ0n) is 18.1. The van der Waals surface area contributed by atoms with Crippen LogP contribution in [0.5, 0.6) is 5.75 Å². The van der Waals surface area contributed by atoms with Gasteiger partial charge in [-0.1, -0.05) is 12.1 Å². The Kier molecular flexibility index (Phi) is 6.80. The summed E-state index contributed by atoms with van der Waals surface area (Å²) in [7, 11) is 8.79. The summed E-state index contributed by atoms with van der Waals surface area (Å²) in [6, 6.07) is 8.33. The van der Waals surface area contributed by atoms with Crippen LogP contribution in [0.2, 0.25) is 0 Å². The van der Waals surface area contributed by atoms with Crippen molar-refractivity contribution >= 4 is 11.8 Å². The van der Waals surface area contributed by atoms with Crippen molar-refractivity contribution in [3.05, 3.63) is 29.8 Å². The van der Waals surface area contributed by atoms with Crippen LogP contribution in [0.25, 0.3) is 0 Å². The van der Waals surface area contributed by atoms with Gasteiger partial charge in [0.05, 0.1) is 26.2 Å². The van der Waals surface area contributed by atoms with Crippen molar-refractivity contribution in [3.8, 4) is 5.75 Å². The van der Waals surface area contributed by atoms with Crippen LogP contribution in [-0.4, -0.2) is 87.1 Å². The highest BCUT2D eigenvalue weighted by atomic mass is 16.5. The summed E-state index contributed by atoms with van der Waals surface area (Å²) >= 11 is 0. The standard InChI is InChI=1S/C22H33N3O4/c1-23(2)20(26)10-16-13-25(12-15-6-8-17(28-5)9-7-15)18-14-29-19(22(16)18)11-21(27)24(3)4/h6-9,16,18-19,22H,10-14H2,1-5H3/t16-,18-,19+,22-/m1/s1. The number of fused-ring (bicyclic) bond motifs is 1. The first-order chi connectivity index (χ1) is 13.8. The SMILES string of the molecule is COc1ccc(CN2C[C@@H](CC(=O)N(C)C)[C@H]3[C@H](CC(=O)N(C)C)OC[C@H]32)cc1. The first-order valence-electron chi connectivity index (χ1n) is 10.2. The predicted octanol–water partition coefficient (Wildman–Crippen LogP) is 1.47. The third-order valence-corrected chi connectivity index (χ3v) is 6.19. The summed E-state index contributed by atoms with van der Waals surface area (Å²) in [6.45, 7) is 2.26. The van der Waals surface area contributed by atoms with Gasteiger partial charge in [-0.3, -0.25) is 14.5 Å². The second-order valence-electron chi connectivity index (χ2n) is 8.54. The van der Waals surface area contributed by atoms with E-state index in [4.69, 9.17) is 9.47 Å². The fourth-order valence-electron chi connectivity index (χ4n) is 4.52. The molecule has 0 spiro atoms. The molecule has 2 heterocycles. The summed E-state index contributed by atoms with van der Waals surface area (Å²) in [4.78, 5) is 30.4. The van der Waals surface area contributed by atoms with Crippen molar-refractivity contribution in [1.29, 1.82) is 0 Å².